The summed E-state index contributed by atoms with van der Waals surface area (Å²) in [6.07, 6.45) is 7.64. The lowest BCUT2D eigenvalue weighted by atomic mass is 9.88. The molecule has 1 amide bonds. The molecule has 1 aromatic carbocycles. The molecule has 2 aliphatic rings. The Morgan fingerprint density at radius 1 is 1.08 bits per heavy atom. The minimum atomic E-state index is -0.351. The number of rotatable bonds is 5. The Balaban J connectivity index is 1.30. The zero-order valence-corrected chi connectivity index (χ0v) is 14.9. The predicted molar refractivity (Wildman–Crippen MR) is 98.8 cm³/mol. The van der Waals surface area contributed by atoms with Crippen LogP contribution < -0.4 is 0 Å². The first-order valence-corrected chi connectivity index (χ1v) is 9.54. The van der Waals surface area contributed by atoms with Gasteiger partial charge in [-0.1, -0.05) is 30.3 Å². The van der Waals surface area contributed by atoms with E-state index in [1.165, 1.54) is 0 Å². The van der Waals surface area contributed by atoms with E-state index >= 15 is 0 Å². The fourth-order valence-electron chi connectivity index (χ4n) is 3.69. The molecule has 4 rings (SSSR count). The van der Waals surface area contributed by atoms with E-state index in [0.29, 0.717) is 31.0 Å². The van der Waals surface area contributed by atoms with Crippen molar-refractivity contribution in [3.8, 4) is 0 Å². The second-order valence-corrected chi connectivity index (χ2v) is 7.49. The summed E-state index contributed by atoms with van der Waals surface area (Å²) in [7, 11) is 0. The van der Waals surface area contributed by atoms with Crippen molar-refractivity contribution in [2.24, 2.45) is 5.92 Å². The molecule has 1 unspecified atom stereocenters. The number of likely N-dealkylation sites (tertiary alicyclic amines) is 1. The van der Waals surface area contributed by atoms with Crippen LogP contribution in [0.5, 0.6) is 0 Å². The minimum Gasteiger partial charge on any atom is -0.392 e. The van der Waals surface area contributed by atoms with Gasteiger partial charge in [0.2, 0.25) is 0 Å². The molecule has 1 atom stereocenters. The molecule has 5 nitrogen and oxygen atoms in total. The van der Waals surface area contributed by atoms with E-state index in [2.05, 4.69) is 9.97 Å². The van der Waals surface area contributed by atoms with Crippen molar-refractivity contribution in [3.05, 3.63) is 59.7 Å². The van der Waals surface area contributed by atoms with Gasteiger partial charge in [0.15, 0.2) is 0 Å². The van der Waals surface area contributed by atoms with Gasteiger partial charge in [-0.25, -0.2) is 9.97 Å². The summed E-state index contributed by atoms with van der Waals surface area (Å²) in [5.41, 5.74) is 1.73. The highest BCUT2D eigenvalue weighted by Gasteiger charge is 2.29. The third-order valence-electron chi connectivity index (χ3n) is 5.52. The second kappa shape index (κ2) is 7.54. The molecule has 1 N–H and O–H groups in total. The van der Waals surface area contributed by atoms with E-state index in [-0.39, 0.29) is 17.9 Å². The summed E-state index contributed by atoms with van der Waals surface area (Å²) in [4.78, 5) is 23.2. The molecule has 2 fully saturated rings. The quantitative estimate of drug-likeness (QED) is 0.899. The van der Waals surface area contributed by atoms with Crippen LogP contribution in [0.3, 0.4) is 0 Å². The van der Waals surface area contributed by atoms with Gasteiger partial charge in [-0.15, -0.1) is 0 Å². The predicted octanol–water partition coefficient (Wildman–Crippen LogP) is 2.81. The third-order valence-corrected chi connectivity index (χ3v) is 5.52. The summed E-state index contributed by atoms with van der Waals surface area (Å²) < 4.78 is 0. The highest BCUT2D eigenvalue weighted by Crippen LogP contribution is 2.37. The number of aliphatic hydroxyl groups excluding tert-OH is 1. The first-order chi connectivity index (χ1) is 12.7. The average molecular weight is 351 g/mol. The van der Waals surface area contributed by atoms with E-state index in [9.17, 15) is 9.90 Å². The lowest BCUT2D eigenvalue weighted by Crippen LogP contribution is -2.41. The Morgan fingerprint density at radius 3 is 2.35 bits per heavy atom. The molecule has 1 aliphatic heterocycles. The molecule has 1 saturated carbocycles. The zero-order chi connectivity index (χ0) is 17.9. The summed E-state index contributed by atoms with van der Waals surface area (Å²) in [6.45, 7) is 1.36. The van der Waals surface area contributed by atoms with E-state index in [1.54, 1.807) is 12.4 Å². The first-order valence-electron chi connectivity index (χ1n) is 9.54. The van der Waals surface area contributed by atoms with Gasteiger partial charge in [-0.3, -0.25) is 4.79 Å². The molecule has 1 aromatic heterocycles. The van der Waals surface area contributed by atoms with Gasteiger partial charge in [-0.2, -0.15) is 0 Å². The molecule has 0 spiro atoms. The first kappa shape index (κ1) is 17.2. The Hall–Kier alpha value is -2.27. The van der Waals surface area contributed by atoms with Crippen molar-refractivity contribution < 1.29 is 9.90 Å². The van der Waals surface area contributed by atoms with Crippen LogP contribution in [-0.4, -0.2) is 45.1 Å². The molecule has 136 valence electrons. The number of carbonyl (C=O) groups excluding carboxylic acids is 1. The van der Waals surface area contributed by atoms with Crippen molar-refractivity contribution in [1.29, 1.82) is 0 Å². The highest BCUT2D eigenvalue weighted by molar-refractivity contribution is 5.93. The normalized spacial score (nSPS) is 19.3. The molecular formula is C21H25N3O2. The maximum absolute atomic E-state index is 12.6. The van der Waals surface area contributed by atoms with Crippen LogP contribution in [0.1, 0.15) is 53.3 Å². The number of benzene rings is 1. The number of carbonyl (C=O) groups is 1. The zero-order valence-electron chi connectivity index (χ0n) is 14.9. The number of aromatic nitrogens is 2. The van der Waals surface area contributed by atoms with Crippen molar-refractivity contribution in [2.75, 3.05) is 13.1 Å². The molecule has 26 heavy (non-hydrogen) atoms. The maximum atomic E-state index is 12.6. The smallest absolute Gasteiger partial charge is 0.256 e. The monoisotopic (exact) mass is 351 g/mol. The molecule has 1 aliphatic carbocycles. The van der Waals surface area contributed by atoms with E-state index < -0.39 is 0 Å². The van der Waals surface area contributed by atoms with Crippen molar-refractivity contribution in [2.45, 2.75) is 44.1 Å². The minimum absolute atomic E-state index is 0.00310. The summed E-state index contributed by atoms with van der Waals surface area (Å²) in [5, 5.41) is 10.5. The summed E-state index contributed by atoms with van der Waals surface area (Å²) >= 11 is 0. The Kier molecular flexibility index (Phi) is 4.98. The van der Waals surface area contributed by atoms with Crippen LogP contribution in [0, 0.1) is 5.92 Å². The molecule has 2 aromatic rings. The van der Waals surface area contributed by atoms with Crippen LogP contribution in [0.25, 0.3) is 0 Å². The highest BCUT2D eigenvalue weighted by atomic mass is 16.3. The molecule has 0 radical (unpaired) electrons. The Bertz CT molecular complexity index is 736. The number of aliphatic hydroxyl groups is 1. The van der Waals surface area contributed by atoms with Crippen LogP contribution in [0.2, 0.25) is 0 Å². The van der Waals surface area contributed by atoms with E-state index in [4.69, 9.17) is 0 Å². The number of nitrogens with zero attached hydrogens (tertiary/aromatic N) is 3. The van der Waals surface area contributed by atoms with Crippen LogP contribution >= 0.6 is 0 Å². The number of piperidine rings is 1. The van der Waals surface area contributed by atoms with Gasteiger partial charge in [0, 0.05) is 31.4 Å². The number of hydrogen-bond acceptors (Lipinski definition) is 4. The molecule has 0 bridgehead atoms. The lowest BCUT2D eigenvalue weighted by molar-refractivity contribution is 0.0467. The SMILES string of the molecule is O=C(c1cnc(C2CC2)nc1)N1CCC(C(O)Cc2ccccc2)CC1. The van der Waals surface area contributed by atoms with E-state index in [1.807, 2.05) is 35.2 Å². The van der Waals surface area contributed by atoms with Crippen LogP contribution in [0.4, 0.5) is 0 Å². The molecule has 5 heteroatoms. The average Bonchev–Trinajstić information content (AvgIpc) is 3.54. The van der Waals surface area contributed by atoms with Crippen LogP contribution in [0.15, 0.2) is 42.7 Å². The second-order valence-electron chi connectivity index (χ2n) is 7.49. The van der Waals surface area contributed by atoms with Crippen LogP contribution in [-0.2, 0) is 6.42 Å². The number of amides is 1. The summed E-state index contributed by atoms with van der Waals surface area (Å²) in [5.74, 6) is 1.61. The number of hydrogen-bond donors (Lipinski definition) is 1. The topological polar surface area (TPSA) is 66.3 Å². The van der Waals surface area contributed by atoms with E-state index in [0.717, 1.165) is 37.1 Å². The Morgan fingerprint density at radius 2 is 1.73 bits per heavy atom. The van der Waals surface area contributed by atoms with Gasteiger partial charge in [0.1, 0.15) is 5.82 Å². The Labute approximate surface area is 154 Å². The largest absolute Gasteiger partial charge is 0.392 e. The van der Waals surface area contributed by atoms with Gasteiger partial charge in [0.25, 0.3) is 5.91 Å². The van der Waals surface area contributed by atoms with Crippen molar-refractivity contribution in [1.82, 2.24) is 14.9 Å². The van der Waals surface area contributed by atoms with Gasteiger partial charge in [-0.05, 0) is 43.6 Å². The van der Waals surface area contributed by atoms with Gasteiger partial charge >= 0.3 is 0 Å². The van der Waals surface area contributed by atoms with Gasteiger partial charge < -0.3 is 10.0 Å². The molecule has 1 saturated heterocycles. The van der Waals surface area contributed by atoms with Crippen molar-refractivity contribution >= 4 is 5.91 Å². The third kappa shape index (κ3) is 3.93. The van der Waals surface area contributed by atoms with Gasteiger partial charge in [0.05, 0.1) is 11.7 Å². The molecular weight excluding hydrogens is 326 g/mol. The fourth-order valence-corrected chi connectivity index (χ4v) is 3.69. The molecule has 2 heterocycles. The lowest BCUT2D eigenvalue weighted by Gasteiger charge is -2.34. The fraction of sp³-hybridized carbons (Fsp3) is 0.476. The summed E-state index contributed by atoms with van der Waals surface area (Å²) in [6, 6.07) is 10.1. The van der Waals surface area contributed by atoms with Crippen molar-refractivity contribution in [3.63, 3.8) is 0 Å². The maximum Gasteiger partial charge on any atom is 0.256 e. The standard InChI is InChI=1S/C21H25N3O2/c25-19(12-15-4-2-1-3-5-15)16-8-10-24(11-9-16)21(26)18-13-22-20(23-14-18)17-6-7-17/h1-5,13-14,16-17,19,25H,6-12H2.